The number of benzene rings is 2. The molecule has 2 amide bonds. The van der Waals surface area contributed by atoms with Crippen molar-refractivity contribution in [2.24, 2.45) is 0 Å². The Morgan fingerprint density at radius 2 is 1.94 bits per heavy atom. The normalized spacial score (nSPS) is 15.9. The summed E-state index contributed by atoms with van der Waals surface area (Å²) < 4.78 is 17.4. The SMILES string of the molecule is COc1ccc(NC(=O)Cn2cc(CN3C(=O)COC[C@H]3c3ccccc3)nn2)cc1OC. The Kier molecular flexibility index (Phi) is 6.84. The van der Waals surface area contributed by atoms with E-state index in [0.29, 0.717) is 29.5 Å². The van der Waals surface area contributed by atoms with Gasteiger partial charge in [0.25, 0.3) is 0 Å². The largest absolute Gasteiger partial charge is 0.493 e. The van der Waals surface area contributed by atoms with Gasteiger partial charge >= 0.3 is 0 Å². The third-order valence-corrected chi connectivity index (χ3v) is 5.27. The van der Waals surface area contributed by atoms with Crippen molar-refractivity contribution in [2.45, 2.75) is 19.1 Å². The standard InChI is InChI=1S/C23H25N5O5/c1-31-20-9-8-17(10-21(20)32-2)24-22(29)13-27-11-18(25-26-27)12-28-19(14-33-15-23(28)30)16-6-4-3-5-7-16/h3-11,19H,12-15H2,1-2H3,(H,24,29)/t19-/m0/s1. The number of methoxy groups -OCH3 is 2. The molecule has 2 aromatic carbocycles. The highest BCUT2D eigenvalue weighted by Crippen LogP contribution is 2.30. The molecule has 1 N–H and O–H groups in total. The van der Waals surface area contributed by atoms with E-state index in [1.165, 1.54) is 11.8 Å². The smallest absolute Gasteiger partial charge is 0.249 e. The number of aromatic nitrogens is 3. The number of hydrogen-bond donors (Lipinski definition) is 1. The maximum atomic E-state index is 12.5. The fourth-order valence-electron chi connectivity index (χ4n) is 3.68. The molecular weight excluding hydrogens is 426 g/mol. The summed E-state index contributed by atoms with van der Waals surface area (Å²) in [7, 11) is 3.08. The number of ether oxygens (including phenoxy) is 3. The second-order valence-electron chi connectivity index (χ2n) is 7.49. The van der Waals surface area contributed by atoms with Crippen LogP contribution < -0.4 is 14.8 Å². The topological polar surface area (TPSA) is 108 Å². The lowest BCUT2D eigenvalue weighted by Crippen LogP contribution is -2.43. The van der Waals surface area contributed by atoms with Crippen molar-refractivity contribution in [2.75, 3.05) is 32.8 Å². The van der Waals surface area contributed by atoms with Crippen LogP contribution in [-0.2, 0) is 27.4 Å². The van der Waals surface area contributed by atoms with Crippen LogP contribution in [0.5, 0.6) is 11.5 Å². The monoisotopic (exact) mass is 451 g/mol. The van der Waals surface area contributed by atoms with Crippen molar-refractivity contribution in [3.05, 3.63) is 66.0 Å². The van der Waals surface area contributed by atoms with Crippen molar-refractivity contribution in [1.29, 1.82) is 0 Å². The second kappa shape index (κ2) is 10.1. The van der Waals surface area contributed by atoms with Crippen LogP contribution in [0.25, 0.3) is 0 Å². The van der Waals surface area contributed by atoms with Crippen LogP contribution in [0.3, 0.4) is 0 Å². The molecule has 1 aliphatic rings. The van der Waals surface area contributed by atoms with Gasteiger partial charge in [-0.25, -0.2) is 4.68 Å². The molecule has 1 aromatic heterocycles. The van der Waals surface area contributed by atoms with E-state index in [4.69, 9.17) is 14.2 Å². The van der Waals surface area contributed by atoms with E-state index >= 15 is 0 Å². The molecule has 0 radical (unpaired) electrons. The highest BCUT2D eigenvalue weighted by Gasteiger charge is 2.30. The number of nitrogens with one attached hydrogen (secondary N) is 1. The molecule has 2 heterocycles. The molecule has 10 nitrogen and oxygen atoms in total. The van der Waals surface area contributed by atoms with Crippen molar-refractivity contribution < 1.29 is 23.8 Å². The molecule has 1 aliphatic heterocycles. The predicted molar refractivity (Wildman–Crippen MR) is 119 cm³/mol. The highest BCUT2D eigenvalue weighted by atomic mass is 16.5. The van der Waals surface area contributed by atoms with E-state index in [1.54, 1.807) is 36.4 Å². The fraction of sp³-hybridized carbons (Fsp3) is 0.304. The maximum absolute atomic E-state index is 12.5. The first kappa shape index (κ1) is 22.3. The zero-order valence-electron chi connectivity index (χ0n) is 18.4. The van der Waals surface area contributed by atoms with E-state index in [2.05, 4.69) is 15.6 Å². The molecule has 10 heteroatoms. The van der Waals surface area contributed by atoms with Gasteiger partial charge in [0.15, 0.2) is 11.5 Å². The number of rotatable bonds is 8. The van der Waals surface area contributed by atoms with Gasteiger partial charge in [0.05, 0.1) is 39.6 Å². The minimum absolute atomic E-state index is 0.0273. The quantitative estimate of drug-likeness (QED) is 0.558. The molecule has 1 atom stereocenters. The molecule has 3 aromatic rings. The predicted octanol–water partition coefficient (Wildman–Crippen LogP) is 2.03. The summed E-state index contributed by atoms with van der Waals surface area (Å²) in [5.41, 5.74) is 2.15. The molecule has 1 fully saturated rings. The number of hydrogen-bond acceptors (Lipinski definition) is 7. The molecule has 33 heavy (non-hydrogen) atoms. The van der Waals surface area contributed by atoms with Crippen LogP contribution in [0, 0.1) is 0 Å². The Balaban J connectivity index is 1.40. The van der Waals surface area contributed by atoms with Crippen LogP contribution in [-0.4, -0.2) is 59.1 Å². The van der Waals surface area contributed by atoms with Crippen molar-refractivity contribution in [3.8, 4) is 11.5 Å². The van der Waals surface area contributed by atoms with Gasteiger partial charge in [0.1, 0.15) is 18.8 Å². The third-order valence-electron chi connectivity index (χ3n) is 5.27. The van der Waals surface area contributed by atoms with E-state index in [9.17, 15) is 9.59 Å². The number of nitrogens with zero attached hydrogens (tertiary/aromatic N) is 4. The Bertz CT molecular complexity index is 1120. The van der Waals surface area contributed by atoms with Crippen LogP contribution in [0.4, 0.5) is 5.69 Å². The number of carbonyl (C=O) groups excluding carboxylic acids is 2. The van der Waals surface area contributed by atoms with Gasteiger partial charge in [-0.2, -0.15) is 0 Å². The van der Waals surface area contributed by atoms with Crippen LogP contribution >= 0.6 is 0 Å². The fourth-order valence-corrected chi connectivity index (χ4v) is 3.68. The number of amides is 2. The second-order valence-corrected chi connectivity index (χ2v) is 7.49. The van der Waals surface area contributed by atoms with Crippen molar-refractivity contribution >= 4 is 17.5 Å². The summed E-state index contributed by atoms with van der Waals surface area (Å²) >= 11 is 0. The van der Waals surface area contributed by atoms with Crippen LogP contribution in [0.15, 0.2) is 54.7 Å². The summed E-state index contributed by atoms with van der Waals surface area (Å²) in [6, 6.07) is 14.6. The van der Waals surface area contributed by atoms with Crippen molar-refractivity contribution in [3.63, 3.8) is 0 Å². The summed E-state index contributed by atoms with van der Waals surface area (Å²) in [6.07, 6.45) is 1.67. The summed E-state index contributed by atoms with van der Waals surface area (Å²) in [5.74, 6) is 0.698. The first-order valence-corrected chi connectivity index (χ1v) is 10.4. The minimum Gasteiger partial charge on any atom is -0.493 e. The number of morpholine rings is 1. The van der Waals surface area contributed by atoms with E-state index < -0.39 is 0 Å². The van der Waals surface area contributed by atoms with Gasteiger partial charge < -0.3 is 24.4 Å². The van der Waals surface area contributed by atoms with Crippen LogP contribution in [0.1, 0.15) is 17.3 Å². The molecular formula is C23H25N5O5. The Labute approximate surface area is 191 Å². The Morgan fingerprint density at radius 1 is 1.15 bits per heavy atom. The van der Waals surface area contributed by atoms with E-state index in [-0.39, 0.29) is 37.6 Å². The first-order chi connectivity index (χ1) is 16.1. The van der Waals surface area contributed by atoms with Gasteiger partial charge in [-0.1, -0.05) is 35.5 Å². The van der Waals surface area contributed by atoms with E-state index in [0.717, 1.165) is 5.56 Å². The molecule has 0 bridgehead atoms. The lowest BCUT2D eigenvalue weighted by Gasteiger charge is -2.35. The van der Waals surface area contributed by atoms with Gasteiger partial charge in [0, 0.05) is 11.8 Å². The molecule has 1 saturated heterocycles. The molecule has 4 rings (SSSR count). The zero-order chi connectivity index (χ0) is 23.2. The molecule has 0 unspecified atom stereocenters. The maximum Gasteiger partial charge on any atom is 0.249 e. The van der Waals surface area contributed by atoms with Gasteiger partial charge in [-0.3, -0.25) is 9.59 Å². The number of anilines is 1. The summed E-state index contributed by atoms with van der Waals surface area (Å²) in [4.78, 5) is 26.7. The molecule has 172 valence electrons. The zero-order valence-corrected chi connectivity index (χ0v) is 18.4. The highest BCUT2D eigenvalue weighted by molar-refractivity contribution is 5.90. The number of carbonyl (C=O) groups is 2. The van der Waals surface area contributed by atoms with Crippen LogP contribution in [0.2, 0.25) is 0 Å². The third kappa shape index (κ3) is 5.29. The lowest BCUT2D eigenvalue weighted by atomic mass is 10.0. The first-order valence-electron chi connectivity index (χ1n) is 10.4. The lowest BCUT2D eigenvalue weighted by molar-refractivity contribution is -0.149. The summed E-state index contributed by atoms with van der Waals surface area (Å²) in [6.45, 7) is 0.697. The molecule has 0 aliphatic carbocycles. The Morgan fingerprint density at radius 3 is 2.70 bits per heavy atom. The van der Waals surface area contributed by atoms with Crippen molar-refractivity contribution in [1.82, 2.24) is 19.9 Å². The van der Waals surface area contributed by atoms with Gasteiger partial charge in [-0.05, 0) is 17.7 Å². The van der Waals surface area contributed by atoms with Gasteiger partial charge in [-0.15, -0.1) is 5.10 Å². The summed E-state index contributed by atoms with van der Waals surface area (Å²) in [5, 5.41) is 11.0. The molecule has 0 saturated carbocycles. The minimum atomic E-state index is -0.275. The van der Waals surface area contributed by atoms with E-state index in [1.807, 2.05) is 30.3 Å². The van der Waals surface area contributed by atoms with Gasteiger partial charge in [0.2, 0.25) is 11.8 Å². The average molecular weight is 451 g/mol. The molecule has 0 spiro atoms. The average Bonchev–Trinajstić information content (AvgIpc) is 3.27. The Hall–Kier alpha value is -3.92.